The van der Waals surface area contributed by atoms with Gasteiger partial charge in [-0.05, 0) is 42.8 Å². The fraction of sp³-hybridized carbons (Fsp3) is 0.250. The lowest BCUT2D eigenvalue weighted by Gasteiger charge is -2.22. The van der Waals surface area contributed by atoms with Gasteiger partial charge in [0.2, 0.25) is 0 Å². The molecule has 0 fully saturated rings. The Bertz CT molecular complexity index is 582. The molecule has 2 aromatic carbocycles. The van der Waals surface area contributed by atoms with E-state index in [1.165, 1.54) is 12.1 Å². The Morgan fingerprint density at radius 1 is 1.10 bits per heavy atom. The first-order valence-corrected chi connectivity index (χ1v) is 7.25. The van der Waals surface area contributed by atoms with E-state index in [1.807, 2.05) is 20.2 Å². The number of anilines is 2. The van der Waals surface area contributed by atoms with Crippen LogP contribution in [0.15, 0.2) is 46.9 Å². The van der Waals surface area contributed by atoms with Crippen molar-refractivity contribution in [2.24, 2.45) is 0 Å². The van der Waals surface area contributed by atoms with Gasteiger partial charge in [-0.1, -0.05) is 28.1 Å². The summed E-state index contributed by atoms with van der Waals surface area (Å²) < 4.78 is 14.0. The van der Waals surface area contributed by atoms with Crippen LogP contribution in [0.3, 0.4) is 0 Å². The first kappa shape index (κ1) is 14.9. The fourth-order valence-electron chi connectivity index (χ4n) is 2.08. The highest BCUT2D eigenvalue weighted by molar-refractivity contribution is 9.10. The van der Waals surface area contributed by atoms with Crippen molar-refractivity contribution in [1.29, 1.82) is 0 Å². The van der Waals surface area contributed by atoms with Crippen LogP contribution in [0.4, 0.5) is 15.8 Å². The lowest BCUT2D eigenvalue weighted by Crippen LogP contribution is -2.14. The topological polar surface area (TPSA) is 15.3 Å². The minimum Gasteiger partial charge on any atom is -0.377 e. The number of hydrogen-bond acceptors (Lipinski definition) is 2. The van der Waals surface area contributed by atoms with Gasteiger partial charge in [-0.25, -0.2) is 4.39 Å². The molecule has 0 bridgehead atoms. The molecule has 1 unspecified atom stereocenters. The summed E-state index contributed by atoms with van der Waals surface area (Å²) in [6.45, 7) is 2.06. The van der Waals surface area contributed by atoms with Crippen LogP contribution in [0.1, 0.15) is 18.5 Å². The second-order valence-electron chi connectivity index (χ2n) is 4.97. The molecule has 0 saturated carbocycles. The van der Waals surface area contributed by atoms with Gasteiger partial charge in [0, 0.05) is 24.6 Å². The van der Waals surface area contributed by atoms with Gasteiger partial charge in [-0.15, -0.1) is 0 Å². The summed E-state index contributed by atoms with van der Waals surface area (Å²) in [7, 11) is 4.02. The van der Waals surface area contributed by atoms with Gasteiger partial charge in [-0.2, -0.15) is 0 Å². The Labute approximate surface area is 127 Å². The van der Waals surface area contributed by atoms with Gasteiger partial charge < -0.3 is 10.2 Å². The lowest BCUT2D eigenvalue weighted by molar-refractivity contribution is 0.626. The van der Waals surface area contributed by atoms with Gasteiger partial charge in [-0.3, -0.25) is 0 Å². The van der Waals surface area contributed by atoms with Crippen molar-refractivity contribution in [3.63, 3.8) is 0 Å². The quantitative estimate of drug-likeness (QED) is 0.860. The zero-order valence-electron chi connectivity index (χ0n) is 11.8. The standard InChI is InChI=1S/C16H18BrFN2/c1-11(12-4-7-14(18)8-5-12)19-15-10-13(17)6-9-16(15)20(2)3/h4-11,19H,1-3H3. The second kappa shape index (κ2) is 6.27. The molecular formula is C16H18BrFN2. The average Bonchev–Trinajstić information content (AvgIpc) is 2.39. The SMILES string of the molecule is CC(Nc1cc(Br)ccc1N(C)C)c1ccc(F)cc1. The molecule has 1 N–H and O–H groups in total. The number of benzene rings is 2. The molecule has 0 aliphatic carbocycles. The lowest BCUT2D eigenvalue weighted by atomic mass is 10.1. The van der Waals surface area contributed by atoms with Crippen molar-refractivity contribution in [3.05, 3.63) is 58.3 Å². The average molecular weight is 337 g/mol. The summed E-state index contributed by atoms with van der Waals surface area (Å²) in [4.78, 5) is 2.06. The zero-order valence-corrected chi connectivity index (χ0v) is 13.4. The Morgan fingerprint density at radius 3 is 2.35 bits per heavy atom. The molecule has 0 saturated heterocycles. The van der Waals surface area contributed by atoms with Crippen LogP contribution < -0.4 is 10.2 Å². The first-order chi connectivity index (χ1) is 9.47. The van der Waals surface area contributed by atoms with E-state index in [9.17, 15) is 4.39 Å². The monoisotopic (exact) mass is 336 g/mol. The highest BCUT2D eigenvalue weighted by Gasteiger charge is 2.10. The largest absolute Gasteiger partial charge is 0.377 e. The van der Waals surface area contributed by atoms with Crippen LogP contribution in [0.2, 0.25) is 0 Å². The molecule has 0 spiro atoms. The molecule has 2 nitrogen and oxygen atoms in total. The Morgan fingerprint density at radius 2 is 1.75 bits per heavy atom. The van der Waals surface area contributed by atoms with Crippen LogP contribution in [-0.2, 0) is 0 Å². The highest BCUT2D eigenvalue weighted by Crippen LogP contribution is 2.31. The molecular weight excluding hydrogens is 319 g/mol. The molecule has 2 rings (SSSR count). The highest BCUT2D eigenvalue weighted by atomic mass is 79.9. The van der Waals surface area contributed by atoms with Crippen molar-refractivity contribution in [3.8, 4) is 0 Å². The Balaban J connectivity index is 2.24. The van der Waals surface area contributed by atoms with Crippen molar-refractivity contribution in [2.75, 3.05) is 24.3 Å². The predicted molar refractivity (Wildman–Crippen MR) is 86.9 cm³/mol. The number of nitrogens with zero attached hydrogens (tertiary/aromatic N) is 1. The van der Waals surface area contributed by atoms with E-state index in [0.717, 1.165) is 21.4 Å². The maximum Gasteiger partial charge on any atom is 0.123 e. The van der Waals surface area contributed by atoms with Crippen molar-refractivity contribution >= 4 is 27.3 Å². The smallest absolute Gasteiger partial charge is 0.123 e. The third kappa shape index (κ3) is 3.51. The summed E-state index contributed by atoms with van der Waals surface area (Å²) in [5, 5.41) is 3.47. The van der Waals surface area contributed by atoms with E-state index in [4.69, 9.17) is 0 Å². The van der Waals surface area contributed by atoms with E-state index in [-0.39, 0.29) is 11.9 Å². The van der Waals surface area contributed by atoms with Crippen LogP contribution >= 0.6 is 15.9 Å². The van der Waals surface area contributed by atoms with E-state index >= 15 is 0 Å². The molecule has 1 atom stereocenters. The van der Waals surface area contributed by atoms with Gasteiger partial charge in [0.1, 0.15) is 5.82 Å². The van der Waals surface area contributed by atoms with E-state index in [0.29, 0.717) is 0 Å². The number of halogens is 2. The summed E-state index contributed by atoms with van der Waals surface area (Å²) in [5.74, 6) is -0.211. The van der Waals surface area contributed by atoms with Crippen LogP contribution in [0.5, 0.6) is 0 Å². The molecule has 0 aromatic heterocycles. The molecule has 0 amide bonds. The zero-order chi connectivity index (χ0) is 14.7. The normalized spacial score (nSPS) is 12.1. The van der Waals surface area contributed by atoms with Gasteiger partial charge in [0.15, 0.2) is 0 Å². The molecule has 0 aliphatic heterocycles. The molecule has 20 heavy (non-hydrogen) atoms. The van der Waals surface area contributed by atoms with Crippen molar-refractivity contribution in [1.82, 2.24) is 0 Å². The van der Waals surface area contributed by atoms with E-state index < -0.39 is 0 Å². The molecule has 0 radical (unpaired) electrons. The maximum atomic E-state index is 13.0. The second-order valence-corrected chi connectivity index (χ2v) is 5.89. The van der Waals surface area contributed by atoms with E-state index in [2.05, 4.69) is 45.2 Å². The number of rotatable bonds is 4. The van der Waals surface area contributed by atoms with Crippen molar-refractivity contribution < 1.29 is 4.39 Å². The molecule has 2 aromatic rings. The third-order valence-corrected chi connectivity index (χ3v) is 3.68. The van der Waals surface area contributed by atoms with Crippen LogP contribution in [0, 0.1) is 5.82 Å². The summed E-state index contributed by atoms with van der Waals surface area (Å²) >= 11 is 3.49. The molecule has 0 heterocycles. The van der Waals surface area contributed by atoms with Gasteiger partial charge >= 0.3 is 0 Å². The van der Waals surface area contributed by atoms with Crippen LogP contribution in [-0.4, -0.2) is 14.1 Å². The minimum absolute atomic E-state index is 0.101. The first-order valence-electron chi connectivity index (χ1n) is 6.46. The number of nitrogens with one attached hydrogen (secondary N) is 1. The van der Waals surface area contributed by atoms with Gasteiger partial charge in [0.25, 0.3) is 0 Å². The molecule has 106 valence electrons. The fourth-order valence-corrected chi connectivity index (χ4v) is 2.44. The summed E-state index contributed by atoms with van der Waals surface area (Å²) in [5.41, 5.74) is 3.21. The summed E-state index contributed by atoms with van der Waals surface area (Å²) in [6.07, 6.45) is 0. The third-order valence-electron chi connectivity index (χ3n) is 3.18. The molecule has 0 aliphatic rings. The molecule has 4 heteroatoms. The van der Waals surface area contributed by atoms with E-state index in [1.54, 1.807) is 12.1 Å². The summed E-state index contributed by atoms with van der Waals surface area (Å²) in [6, 6.07) is 12.8. The predicted octanol–water partition coefficient (Wildman–Crippen LogP) is 4.83. The minimum atomic E-state index is -0.211. The maximum absolute atomic E-state index is 13.0. The Kier molecular flexibility index (Phi) is 4.65. The number of hydrogen-bond donors (Lipinski definition) is 1. The van der Waals surface area contributed by atoms with Gasteiger partial charge in [0.05, 0.1) is 11.4 Å². The Hall–Kier alpha value is -1.55. The van der Waals surface area contributed by atoms with Crippen molar-refractivity contribution in [2.45, 2.75) is 13.0 Å². The van der Waals surface area contributed by atoms with Crippen LogP contribution in [0.25, 0.3) is 0 Å².